The van der Waals surface area contributed by atoms with Gasteiger partial charge in [0, 0.05) is 6.04 Å². The molecule has 0 spiro atoms. The van der Waals surface area contributed by atoms with E-state index in [1.54, 1.807) is 0 Å². The van der Waals surface area contributed by atoms with Gasteiger partial charge < -0.3 is 5.73 Å². The van der Waals surface area contributed by atoms with E-state index in [2.05, 4.69) is 52.0 Å². The van der Waals surface area contributed by atoms with E-state index in [0.29, 0.717) is 5.92 Å². The van der Waals surface area contributed by atoms with Gasteiger partial charge in [0.2, 0.25) is 0 Å². The largest absolute Gasteiger partial charge is 0.324 e. The highest BCUT2D eigenvalue weighted by atomic mass is 14.7. The van der Waals surface area contributed by atoms with Gasteiger partial charge in [0.1, 0.15) is 0 Å². The molecule has 94 valence electrons. The van der Waals surface area contributed by atoms with Crippen molar-refractivity contribution in [3.63, 3.8) is 0 Å². The molecule has 1 nitrogen and oxygen atoms in total. The van der Waals surface area contributed by atoms with Crippen LogP contribution in [0.5, 0.6) is 0 Å². The molecule has 1 fully saturated rings. The molecular formula is C16H25N. The lowest BCUT2D eigenvalue weighted by molar-refractivity contribution is 0.417. The van der Waals surface area contributed by atoms with Crippen LogP contribution in [0.2, 0.25) is 0 Å². The van der Waals surface area contributed by atoms with Crippen molar-refractivity contribution < 1.29 is 0 Å². The maximum Gasteiger partial charge on any atom is 0.0323 e. The maximum atomic E-state index is 6.34. The first-order chi connectivity index (χ1) is 7.89. The Morgan fingerprint density at radius 2 is 1.65 bits per heavy atom. The van der Waals surface area contributed by atoms with Gasteiger partial charge in [0.05, 0.1) is 0 Å². The molecule has 1 saturated carbocycles. The van der Waals surface area contributed by atoms with Crippen LogP contribution in [-0.4, -0.2) is 0 Å². The summed E-state index contributed by atoms with van der Waals surface area (Å²) in [6.07, 6.45) is 2.74. The zero-order valence-corrected chi connectivity index (χ0v) is 11.5. The number of rotatable bonds is 3. The SMILES string of the molecule is CC(C1CC1)C(N)c1ccc(C(C)(C)C)cc1. The van der Waals surface area contributed by atoms with Crippen LogP contribution in [0.1, 0.15) is 57.7 Å². The topological polar surface area (TPSA) is 26.0 Å². The molecule has 1 aromatic carbocycles. The van der Waals surface area contributed by atoms with E-state index in [9.17, 15) is 0 Å². The molecule has 0 radical (unpaired) electrons. The van der Waals surface area contributed by atoms with Gasteiger partial charge in [-0.2, -0.15) is 0 Å². The zero-order valence-electron chi connectivity index (χ0n) is 11.5. The second-order valence-corrected chi connectivity index (χ2v) is 6.59. The summed E-state index contributed by atoms with van der Waals surface area (Å²) in [5.41, 5.74) is 9.24. The van der Waals surface area contributed by atoms with Crippen molar-refractivity contribution in [1.29, 1.82) is 0 Å². The van der Waals surface area contributed by atoms with Crippen LogP contribution in [0.25, 0.3) is 0 Å². The number of benzene rings is 1. The Morgan fingerprint density at radius 3 is 2.06 bits per heavy atom. The van der Waals surface area contributed by atoms with E-state index in [1.165, 1.54) is 24.0 Å². The van der Waals surface area contributed by atoms with Crippen molar-refractivity contribution in [2.45, 2.75) is 52.0 Å². The Bertz CT molecular complexity index is 368. The molecule has 1 aliphatic carbocycles. The summed E-state index contributed by atoms with van der Waals surface area (Å²) in [5, 5.41) is 0. The van der Waals surface area contributed by atoms with Gasteiger partial charge in [0.25, 0.3) is 0 Å². The van der Waals surface area contributed by atoms with Gasteiger partial charge in [-0.15, -0.1) is 0 Å². The number of hydrogen-bond donors (Lipinski definition) is 1. The van der Waals surface area contributed by atoms with Crippen LogP contribution >= 0.6 is 0 Å². The average Bonchev–Trinajstić information content (AvgIpc) is 3.10. The molecule has 0 aliphatic heterocycles. The molecule has 0 aromatic heterocycles. The van der Waals surface area contributed by atoms with E-state index < -0.39 is 0 Å². The van der Waals surface area contributed by atoms with Gasteiger partial charge in [-0.25, -0.2) is 0 Å². The predicted octanol–water partition coefficient (Wildman–Crippen LogP) is 4.03. The third kappa shape index (κ3) is 2.90. The van der Waals surface area contributed by atoms with Crippen molar-refractivity contribution in [3.8, 4) is 0 Å². The van der Waals surface area contributed by atoms with Crippen molar-refractivity contribution >= 4 is 0 Å². The van der Waals surface area contributed by atoms with E-state index in [1.807, 2.05) is 0 Å². The summed E-state index contributed by atoms with van der Waals surface area (Å²) < 4.78 is 0. The molecule has 17 heavy (non-hydrogen) atoms. The van der Waals surface area contributed by atoms with Gasteiger partial charge in [-0.1, -0.05) is 52.0 Å². The molecule has 2 N–H and O–H groups in total. The van der Waals surface area contributed by atoms with E-state index in [-0.39, 0.29) is 11.5 Å². The van der Waals surface area contributed by atoms with Gasteiger partial charge in [0.15, 0.2) is 0 Å². The second kappa shape index (κ2) is 4.45. The van der Waals surface area contributed by atoms with Gasteiger partial charge in [-0.05, 0) is 41.2 Å². The number of hydrogen-bond acceptors (Lipinski definition) is 1. The van der Waals surface area contributed by atoms with E-state index in [4.69, 9.17) is 5.73 Å². The van der Waals surface area contributed by atoms with Crippen molar-refractivity contribution in [1.82, 2.24) is 0 Å². The minimum atomic E-state index is 0.205. The number of nitrogens with two attached hydrogens (primary N) is 1. The zero-order chi connectivity index (χ0) is 12.6. The quantitative estimate of drug-likeness (QED) is 0.835. The summed E-state index contributed by atoms with van der Waals surface area (Å²) in [4.78, 5) is 0. The highest BCUT2D eigenvalue weighted by Crippen LogP contribution is 2.41. The van der Waals surface area contributed by atoms with Crippen molar-refractivity contribution in [2.24, 2.45) is 17.6 Å². The molecule has 1 heteroatoms. The fourth-order valence-corrected chi connectivity index (χ4v) is 2.42. The second-order valence-electron chi connectivity index (χ2n) is 6.59. The van der Waals surface area contributed by atoms with Crippen LogP contribution in [-0.2, 0) is 5.41 Å². The third-order valence-corrected chi connectivity index (χ3v) is 4.09. The minimum Gasteiger partial charge on any atom is -0.324 e. The monoisotopic (exact) mass is 231 g/mol. The lowest BCUT2D eigenvalue weighted by Crippen LogP contribution is -2.21. The summed E-state index contributed by atoms with van der Waals surface area (Å²) in [6, 6.07) is 9.09. The smallest absolute Gasteiger partial charge is 0.0323 e. The first-order valence-corrected chi connectivity index (χ1v) is 6.75. The summed E-state index contributed by atoms with van der Waals surface area (Å²) in [7, 11) is 0. The summed E-state index contributed by atoms with van der Waals surface area (Å²) >= 11 is 0. The van der Waals surface area contributed by atoms with Gasteiger partial charge in [-0.3, -0.25) is 0 Å². The van der Waals surface area contributed by atoms with Crippen LogP contribution in [0.15, 0.2) is 24.3 Å². The normalized spacial score (nSPS) is 20.1. The average molecular weight is 231 g/mol. The highest BCUT2D eigenvalue weighted by molar-refractivity contribution is 5.29. The molecule has 0 bridgehead atoms. The summed E-state index contributed by atoms with van der Waals surface area (Å²) in [6.45, 7) is 9.03. The molecule has 0 saturated heterocycles. The lowest BCUT2D eigenvalue weighted by Gasteiger charge is -2.23. The van der Waals surface area contributed by atoms with Gasteiger partial charge >= 0.3 is 0 Å². The van der Waals surface area contributed by atoms with E-state index >= 15 is 0 Å². The Kier molecular flexibility index (Phi) is 3.31. The first kappa shape index (κ1) is 12.6. The maximum absolute atomic E-state index is 6.34. The molecule has 2 rings (SSSR count). The lowest BCUT2D eigenvalue weighted by atomic mass is 9.85. The molecule has 2 atom stereocenters. The molecule has 2 unspecified atom stereocenters. The Balaban J connectivity index is 2.11. The first-order valence-electron chi connectivity index (χ1n) is 6.75. The fourth-order valence-electron chi connectivity index (χ4n) is 2.42. The summed E-state index contributed by atoms with van der Waals surface area (Å²) in [5.74, 6) is 1.49. The Hall–Kier alpha value is -0.820. The third-order valence-electron chi connectivity index (χ3n) is 4.09. The van der Waals surface area contributed by atoms with Crippen molar-refractivity contribution in [2.75, 3.05) is 0 Å². The molecule has 0 heterocycles. The Morgan fingerprint density at radius 1 is 1.12 bits per heavy atom. The van der Waals surface area contributed by atoms with E-state index in [0.717, 1.165) is 5.92 Å². The predicted molar refractivity (Wildman–Crippen MR) is 74.0 cm³/mol. The Labute approximate surface area is 105 Å². The van der Waals surface area contributed by atoms with Crippen LogP contribution in [0.3, 0.4) is 0 Å². The van der Waals surface area contributed by atoms with Crippen molar-refractivity contribution in [3.05, 3.63) is 35.4 Å². The molecular weight excluding hydrogens is 206 g/mol. The van der Waals surface area contributed by atoms with Crippen LogP contribution in [0.4, 0.5) is 0 Å². The molecule has 1 aliphatic rings. The molecule has 0 amide bonds. The minimum absolute atomic E-state index is 0.205. The van der Waals surface area contributed by atoms with Crippen LogP contribution < -0.4 is 5.73 Å². The fraction of sp³-hybridized carbons (Fsp3) is 0.625. The molecule has 1 aromatic rings. The standard InChI is InChI=1S/C16H25N/c1-11(12-5-6-12)15(17)13-7-9-14(10-8-13)16(2,3)4/h7-12,15H,5-6,17H2,1-4H3. The highest BCUT2D eigenvalue weighted by Gasteiger charge is 2.32. The van der Waals surface area contributed by atoms with Crippen LogP contribution in [0, 0.1) is 11.8 Å².